The van der Waals surface area contributed by atoms with E-state index in [2.05, 4.69) is 0 Å². The fourth-order valence-corrected chi connectivity index (χ4v) is 11.8. The normalized spacial score (nSPS) is 55.2. The lowest BCUT2D eigenvalue weighted by Crippen LogP contribution is -2.68. The minimum Gasteiger partial charge on any atom is -0.394 e. The molecule has 22 aliphatic rings. The number of hydrogen-bond donors (Lipinski definition) is 24. The Labute approximate surface area is 496 Å². The van der Waals surface area contributed by atoms with Gasteiger partial charge in [-0.05, 0) is 0 Å². The van der Waals surface area contributed by atoms with Gasteiger partial charge in [0.15, 0.2) is 50.3 Å². The molecule has 22 fully saturated rings. The van der Waals surface area contributed by atoms with Crippen molar-refractivity contribution in [3.8, 4) is 0 Å². The highest BCUT2D eigenvalue weighted by Crippen LogP contribution is 2.39. The summed E-state index contributed by atoms with van der Waals surface area (Å²) in [4.78, 5) is 0. The van der Waals surface area contributed by atoms with Gasteiger partial charge in [0.25, 0.3) is 0 Å². The summed E-state index contributed by atoms with van der Waals surface area (Å²) in [7, 11) is 0. The first-order chi connectivity index (χ1) is 41.9. The highest BCUT2D eigenvalue weighted by Gasteiger charge is 2.60. The topological polar surface area (TPSA) is 633 Å². The third kappa shape index (κ3) is 13.9. The molecule has 0 radical (unpaired) electrons. The molecule has 0 amide bonds. The summed E-state index contributed by atoms with van der Waals surface area (Å²) in [6.07, 6.45) is -82.6. The first kappa shape index (κ1) is 70.7. The molecule has 0 aromatic carbocycles. The van der Waals surface area contributed by atoms with E-state index < -0.39 is 299 Å². The summed E-state index contributed by atoms with van der Waals surface area (Å²) >= 11 is 0. The van der Waals surface area contributed by atoms with Crippen molar-refractivity contribution in [2.75, 3.05) is 52.9 Å². The monoisotopic (exact) mass is 1300 g/mol. The average molecular weight is 1300 g/mol. The maximum atomic E-state index is 11.8. The van der Waals surface area contributed by atoms with Crippen molar-refractivity contribution in [2.24, 2.45) is 0 Å². The van der Waals surface area contributed by atoms with Gasteiger partial charge in [0, 0.05) is 0 Å². The van der Waals surface area contributed by atoms with Gasteiger partial charge in [0.1, 0.15) is 195 Å². The van der Waals surface area contributed by atoms with Gasteiger partial charge >= 0.3 is 0 Å². The zero-order chi connectivity index (χ0) is 64.1. The average Bonchev–Trinajstić information content (AvgIpc) is 1.60. The molecule has 0 aliphatic carbocycles. The van der Waals surface area contributed by atoms with E-state index in [-0.39, 0.29) is 0 Å². The van der Waals surface area contributed by atoms with E-state index in [4.69, 9.17) is 75.8 Å². The molecular weight excluding hydrogens is 1220 g/mol. The van der Waals surface area contributed by atoms with E-state index in [1.54, 1.807) is 0 Å². The number of ether oxygens (including phenoxy) is 16. The predicted molar refractivity (Wildman–Crippen MR) is 261 cm³/mol. The van der Waals surface area contributed by atoms with Gasteiger partial charge in [-0.25, -0.2) is 0 Å². The fourth-order valence-electron chi connectivity index (χ4n) is 11.8. The summed E-state index contributed by atoms with van der Waals surface area (Å²) in [5.74, 6) is 0. The van der Waals surface area contributed by atoms with Crippen molar-refractivity contribution >= 4 is 0 Å². The van der Waals surface area contributed by atoms with Gasteiger partial charge in [-0.3, -0.25) is 0 Å². The van der Waals surface area contributed by atoms with E-state index in [1.807, 2.05) is 0 Å². The first-order valence-corrected chi connectivity index (χ1v) is 28.1. The highest BCUT2D eigenvalue weighted by molar-refractivity contribution is 5.02. The molecule has 0 aromatic rings. The van der Waals surface area contributed by atoms with Gasteiger partial charge in [-0.2, -0.15) is 0 Å². The Morgan fingerprint density at radius 3 is 0.580 bits per heavy atom. The van der Waals surface area contributed by atoms with E-state index >= 15 is 0 Å². The quantitative estimate of drug-likeness (QED) is 0.0966. The number of aliphatic hydroxyl groups excluding tert-OH is 24. The third-order valence-electron chi connectivity index (χ3n) is 16.9. The molecule has 22 aliphatic heterocycles. The Hall–Kier alpha value is -1.60. The maximum absolute atomic E-state index is 11.8. The lowest BCUT2D eigenvalue weighted by Gasteiger charge is -2.50. The van der Waals surface area contributed by atoms with Gasteiger partial charge < -0.3 is 198 Å². The number of hydrogen-bond acceptors (Lipinski definition) is 40. The van der Waals surface area contributed by atoms with Crippen LogP contribution in [0.5, 0.6) is 0 Å². The van der Waals surface area contributed by atoms with Gasteiger partial charge in [0.2, 0.25) is 0 Å². The largest absolute Gasteiger partial charge is 0.394 e. The molecule has 40 unspecified atom stereocenters. The zero-order valence-electron chi connectivity index (χ0n) is 46.0. The molecule has 40 atom stereocenters. The molecule has 22 saturated heterocycles. The molecule has 22 heterocycles. The van der Waals surface area contributed by atoms with Crippen molar-refractivity contribution < 1.29 is 198 Å². The number of aliphatic hydroxyl groups is 24. The van der Waals surface area contributed by atoms with Gasteiger partial charge in [0.05, 0.1) is 52.9 Å². The summed E-state index contributed by atoms with van der Waals surface area (Å²) < 4.78 is 91.6. The van der Waals surface area contributed by atoms with Crippen LogP contribution in [0.4, 0.5) is 0 Å². The molecule has 0 spiro atoms. The van der Waals surface area contributed by atoms with Crippen molar-refractivity contribution in [1.82, 2.24) is 0 Å². The Morgan fingerprint density at radius 1 is 0.182 bits per heavy atom. The second kappa shape index (κ2) is 30.0. The van der Waals surface area contributed by atoms with Crippen LogP contribution in [0.3, 0.4) is 0 Å². The van der Waals surface area contributed by atoms with Crippen LogP contribution in [0.1, 0.15) is 0 Å². The van der Waals surface area contributed by atoms with E-state index in [1.165, 1.54) is 0 Å². The SMILES string of the molecule is OCC1OC(OCC2OC3OC4C(CO)OC(OC5C(CO)OC(OC6C(CO)OC(OC7C(CO)OC(OC8C(CO)OC(OC9C(CO)OC(OC2C(O)C3O)C(O)C9O)C(O)C8O)C(O)C7O)C(O)C6O)C(O)C5O)C(O)C4O)C(O)C(O)C1O. The molecule has 0 aromatic heterocycles. The first-order valence-electron chi connectivity index (χ1n) is 28.1. The van der Waals surface area contributed by atoms with Crippen molar-refractivity contribution in [2.45, 2.75) is 246 Å². The molecule has 22 rings (SSSR count). The van der Waals surface area contributed by atoms with E-state index in [0.29, 0.717) is 0 Å². The lowest BCUT2D eigenvalue weighted by atomic mass is 9.95. The van der Waals surface area contributed by atoms with Crippen LogP contribution in [-0.4, -0.2) is 421 Å². The Morgan fingerprint density at radius 2 is 0.375 bits per heavy atom. The van der Waals surface area contributed by atoms with Crippen LogP contribution >= 0.6 is 0 Å². The molecule has 0 saturated carbocycles. The Balaban J connectivity index is 1.02. The summed E-state index contributed by atoms with van der Waals surface area (Å²) in [5, 5.41) is 265. The molecule has 14 bridgehead atoms. The summed E-state index contributed by atoms with van der Waals surface area (Å²) in [5.41, 5.74) is 0. The third-order valence-corrected chi connectivity index (χ3v) is 16.9. The molecular formula is C48H80O40. The van der Waals surface area contributed by atoms with Crippen molar-refractivity contribution in [3.63, 3.8) is 0 Å². The van der Waals surface area contributed by atoms with Crippen molar-refractivity contribution in [3.05, 3.63) is 0 Å². The number of rotatable bonds is 10. The molecule has 40 nitrogen and oxygen atoms in total. The minimum absolute atomic E-state index is 0.919. The van der Waals surface area contributed by atoms with Crippen LogP contribution in [0, 0.1) is 0 Å². The van der Waals surface area contributed by atoms with Crippen molar-refractivity contribution in [1.29, 1.82) is 0 Å². The summed E-state index contributed by atoms with van der Waals surface area (Å²) in [6.45, 7) is -8.51. The van der Waals surface area contributed by atoms with Crippen LogP contribution in [0.25, 0.3) is 0 Å². The Kier molecular flexibility index (Phi) is 24.1. The van der Waals surface area contributed by atoms with Crippen LogP contribution < -0.4 is 0 Å². The van der Waals surface area contributed by atoms with Crippen LogP contribution in [0.2, 0.25) is 0 Å². The zero-order valence-corrected chi connectivity index (χ0v) is 46.0. The molecule has 24 N–H and O–H groups in total. The van der Waals surface area contributed by atoms with Crippen LogP contribution in [0.15, 0.2) is 0 Å². The minimum atomic E-state index is -2.35. The van der Waals surface area contributed by atoms with E-state index in [9.17, 15) is 123 Å². The predicted octanol–water partition coefficient (Wildman–Crippen LogP) is -17.4. The van der Waals surface area contributed by atoms with Gasteiger partial charge in [-0.1, -0.05) is 0 Å². The molecule has 40 heteroatoms. The highest BCUT2D eigenvalue weighted by atomic mass is 16.8. The van der Waals surface area contributed by atoms with Crippen LogP contribution in [-0.2, 0) is 75.8 Å². The fraction of sp³-hybridized carbons (Fsp3) is 1.00. The second-order valence-corrected chi connectivity index (χ2v) is 22.5. The molecule has 512 valence electrons. The van der Waals surface area contributed by atoms with E-state index in [0.717, 1.165) is 0 Å². The Bertz CT molecular complexity index is 2130. The van der Waals surface area contributed by atoms with Gasteiger partial charge in [-0.15, -0.1) is 0 Å². The second-order valence-electron chi connectivity index (χ2n) is 22.5. The standard InChI is InChI=1S/C48H80O40/c49-1-9-17(56)18(57)26(65)41(74-9)73-8-16-40-25(64)33(72)48(81-16)87-39-15(7-55)79-46(31(70)23(39)62)85-37-13(5-53)77-44(29(68)21(37)60)83-35-11(3-51)75-42(27(66)19(35)58)82-34-10(2-50)76-43(28(67)20(34)59)84-36-12(4-52)78-45(30(69)22(36)61)86-38-14(6-54)80-47(88-40)32(71)24(38)63/h9-72H,1-8H2. The molecule has 88 heavy (non-hydrogen) atoms. The maximum Gasteiger partial charge on any atom is 0.187 e. The smallest absolute Gasteiger partial charge is 0.187 e. The summed E-state index contributed by atoms with van der Waals surface area (Å²) in [6, 6.07) is 0. The lowest BCUT2D eigenvalue weighted by molar-refractivity contribution is -0.399.